The number of piperidine rings is 1. The number of halogens is 1. The number of benzene rings is 1. The molecule has 0 saturated carbocycles. The Kier molecular flexibility index (Phi) is 6.55. The fourth-order valence-electron chi connectivity index (χ4n) is 3.08. The molecule has 2 N–H and O–H groups in total. The van der Waals surface area contributed by atoms with Crippen LogP contribution in [0.3, 0.4) is 0 Å². The van der Waals surface area contributed by atoms with Gasteiger partial charge in [-0.05, 0) is 49.2 Å². The Labute approximate surface area is 168 Å². The van der Waals surface area contributed by atoms with Crippen LogP contribution in [0.5, 0.6) is 0 Å². The highest BCUT2D eigenvalue weighted by Crippen LogP contribution is 2.24. The van der Waals surface area contributed by atoms with Crippen molar-refractivity contribution in [1.29, 1.82) is 0 Å². The van der Waals surface area contributed by atoms with Crippen LogP contribution in [0, 0.1) is 11.7 Å². The first-order valence-electron chi connectivity index (χ1n) is 9.09. The molecule has 1 unspecified atom stereocenters. The Bertz CT molecular complexity index is 967. The molecule has 2 heterocycles. The molecule has 0 aliphatic carbocycles. The quantitative estimate of drug-likeness (QED) is 0.734. The van der Waals surface area contributed by atoms with E-state index in [-0.39, 0.29) is 30.4 Å². The van der Waals surface area contributed by atoms with Crippen LogP contribution in [0.25, 0.3) is 0 Å². The van der Waals surface area contributed by atoms with Crippen LogP contribution < -0.4 is 10.6 Å². The first-order valence-corrected chi connectivity index (χ1v) is 10.5. The van der Waals surface area contributed by atoms with Crippen LogP contribution >= 0.6 is 0 Å². The number of aromatic nitrogens is 1. The summed E-state index contributed by atoms with van der Waals surface area (Å²) in [4.78, 5) is 28.2. The van der Waals surface area contributed by atoms with Gasteiger partial charge in [0.05, 0.1) is 17.4 Å². The predicted octanol–water partition coefficient (Wildman–Crippen LogP) is 1.38. The van der Waals surface area contributed by atoms with Gasteiger partial charge >= 0.3 is 0 Å². The Hall–Kier alpha value is -2.85. The predicted molar refractivity (Wildman–Crippen MR) is 104 cm³/mol. The van der Waals surface area contributed by atoms with Gasteiger partial charge in [-0.25, -0.2) is 12.8 Å². The maximum atomic E-state index is 13.1. The molecule has 1 saturated heterocycles. The summed E-state index contributed by atoms with van der Waals surface area (Å²) in [5, 5.41) is 5.18. The van der Waals surface area contributed by atoms with Crippen molar-refractivity contribution >= 4 is 27.5 Å². The van der Waals surface area contributed by atoms with Crippen LogP contribution in [0.4, 0.5) is 10.1 Å². The number of sulfonamides is 1. The number of pyridine rings is 1. The molecule has 1 atom stereocenters. The van der Waals surface area contributed by atoms with Crippen molar-refractivity contribution in [2.24, 2.45) is 5.92 Å². The number of rotatable bonds is 6. The monoisotopic (exact) mass is 420 g/mol. The van der Waals surface area contributed by atoms with E-state index in [9.17, 15) is 22.4 Å². The molecular weight excluding hydrogens is 399 g/mol. The van der Waals surface area contributed by atoms with E-state index in [1.165, 1.54) is 28.8 Å². The molecule has 1 aromatic heterocycles. The largest absolute Gasteiger partial charge is 0.347 e. The molecule has 0 spiro atoms. The summed E-state index contributed by atoms with van der Waals surface area (Å²) in [5.74, 6) is -1.86. The average Bonchev–Trinajstić information content (AvgIpc) is 2.73. The van der Waals surface area contributed by atoms with Gasteiger partial charge in [-0.1, -0.05) is 0 Å². The number of carbonyl (C=O) groups is 2. The number of nitrogens with one attached hydrogen (secondary N) is 2. The summed E-state index contributed by atoms with van der Waals surface area (Å²) < 4.78 is 39.8. The third-order valence-electron chi connectivity index (χ3n) is 4.59. The van der Waals surface area contributed by atoms with Gasteiger partial charge in [0.25, 0.3) is 0 Å². The topological polar surface area (TPSA) is 108 Å². The molecule has 8 nitrogen and oxygen atoms in total. The van der Waals surface area contributed by atoms with E-state index in [2.05, 4.69) is 15.6 Å². The lowest BCUT2D eigenvalue weighted by Crippen LogP contribution is -2.46. The molecule has 29 heavy (non-hydrogen) atoms. The van der Waals surface area contributed by atoms with Gasteiger partial charge in [-0.15, -0.1) is 0 Å². The molecule has 0 bridgehead atoms. The number of carbonyl (C=O) groups excluding carboxylic acids is 2. The van der Waals surface area contributed by atoms with Crippen LogP contribution in [-0.2, 0) is 19.6 Å². The zero-order chi connectivity index (χ0) is 20.9. The number of hydrogen-bond acceptors (Lipinski definition) is 5. The molecule has 1 fully saturated rings. The van der Waals surface area contributed by atoms with Crippen LogP contribution in [0.15, 0.2) is 53.7 Å². The Balaban J connectivity index is 1.56. The second-order valence-corrected chi connectivity index (χ2v) is 8.60. The third kappa shape index (κ3) is 5.36. The molecule has 1 aliphatic rings. The normalized spacial score (nSPS) is 17.5. The zero-order valence-corrected chi connectivity index (χ0v) is 16.4. The minimum absolute atomic E-state index is 0.0114. The summed E-state index contributed by atoms with van der Waals surface area (Å²) in [6.07, 6.45) is 4.10. The zero-order valence-electron chi connectivity index (χ0n) is 15.5. The molecule has 1 aliphatic heterocycles. The van der Waals surface area contributed by atoms with Crippen molar-refractivity contribution in [3.8, 4) is 0 Å². The van der Waals surface area contributed by atoms with Crippen molar-refractivity contribution in [2.75, 3.05) is 25.0 Å². The molecule has 0 radical (unpaired) electrons. The fraction of sp³-hybridized carbons (Fsp3) is 0.316. The van der Waals surface area contributed by atoms with E-state index in [0.29, 0.717) is 18.5 Å². The van der Waals surface area contributed by atoms with E-state index >= 15 is 0 Å². The van der Waals surface area contributed by atoms with E-state index in [1.807, 2.05) is 0 Å². The van der Waals surface area contributed by atoms with Gasteiger partial charge < -0.3 is 10.6 Å². The van der Waals surface area contributed by atoms with Gasteiger partial charge in [0, 0.05) is 31.2 Å². The lowest BCUT2D eigenvalue weighted by atomic mass is 9.99. The molecule has 3 rings (SSSR count). The average molecular weight is 420 g/mol. The fourth-order valence-corrected chi connectivity index (χ4v) is 4.61. The summed E-state index contributed by atoms with van der Waals surface area (Å²) in [5.41, 5.74) is 0.563. The molecule has 2 aromatic rings. The SMILES string of the molecule is O=C(CNC(=O)C1CCCN(S(=O)(=O)c2ccc(F)cc2)C1)Nc1ccncc1. The highest BCUT2D eigenvalue weighted by atomic mass is 32.2. The number of hydrogen-bond donors (Lipinski definition) is 2. The van der Waals surface area contributed by atoms with Gasteiger partial charge in [-0.3, -0.25) is 14.6 Å². The van der Waals surface area contributed by atoms with Crippen molar-refractivity contribution in [3.05, 3.63) is 54.6 Å². The second-order valence-electron chi connectivity index (χ2n) is 6.66. The number of amides is 2. The number of nitrogens with zero attached hydrogens (tertiary/aromatic N) is 2. The van der Waals surface area contributed by atoms with Gasteiger partial charge in [-0.2, -0.15) is 4.31 Å². The smallest absolute Gasteiger partial charge is 0.243 e. The van der Waals surface area contributed by atoms with Crippen LogP contribution in [0.2, 0.25) is 0 Å². The minimum Gasteiger partial charge on any atom is -0.347 e. The lowest BCUT2D eigenvalue weighted by Gasteiger charge is -2.31. The highest BCUT2D eigenvalue weighted by Gasteiger charge is 2.33. The summed E-state index contributed by atoms with van der Waals surface area (Å²) in [6.45, 7) is 0.0753. The minimum atomic E-state index is -3.82. The molecular formula is C19H21FN4O4S. The van der Waals surface area contributed by atoms with E-state index in [0.717, 1.165) is 12.1 Å². The van der Waals surface area contributed by atoms with E-state index in [1.54, 1.807) is 12.1 Å². The number of anilines is 1. The van der Waals surface area contributed by atoms with Crippen LogP contribution in [0.1, 0.15) is 12.8 Å². The van der Waals surface area contributed by atoms with E-state index < -0.39 is 27.7 Å². The highest BCUT2D eigenvalue weighted by molar-refractivity contribution is 7.89. The third-order valence-corrected chi connectivity index (χ3v) is 6.47. The van der Waals surface area contributed by atoms with Crippen molar-refractivity contribution < 1.29 is 22.4 Å². The van der Waals surface area contributed by atoms with Crippen molar-refractivity contribution in [2.45, 2.75) is 17.7 Å². The van der Waals surface area contributed by atoms with E-state index in [4.69, 9.17) is 0 Å². The van der Waals surface area contributed by atoms with Gasteiger partial charge in [0.15, 0.2) is 0 Å². The lowest BCUT2D eigenvalue weighted by molar-refractivity contribution is -0.128. The Morgan fingerprint density at radius 2 is 1.83 bits per heavy atom. The van der Waals surface area contributed by atoms with Crippen molar-refractivity contribution in [3.63, 3.8) is 0 Å². The maximum absolute atomic E-state index is 13.1. The summed E-state index contributed by atoms with van der Waals surface area (Å²) in [7, 11) is -3.82. The molecule has 1 aromatic carbocycles. The maximum Gasteiger partial charge on any atom is 0.243 e. The Morgan fingerprint density at radius 1 is 1.14 bits per heavy atom. The second kappa shape index (κ2) is 9.10. The summed E-state index contributed by atoms with van der Waals surface area (Å²) in [6, 6.07) is 7.83. The standard InChI is InChI=1S/C19H21FN4O4S/c20-15-3-5-17(6-4-15)29(27,28)24-11-1-2-14(13-24)19(26)22-12-18(25)23-16-7-9-21-10-8-16/h3-10,14H,1-2,11-13H2,(H,22,26)(H,21,23,25). The molecule has 2 amide bonds. The first-order chi connectivity index (χ1) is 13.9. The molecule has 154 valence electrons. The van der Waals surface area contributed by atoms with Gasteiger partial charge in [0.2, 0.25) is 21.8 Å². The first kappa shape index (κ1) is 20.9. The van der Waals surface area contributed by atoms with Gasteiger partial charge in [0.1, 0.15) is 5.82 Å². The molecule has 10 heteroatoms. The van der Waals surface area contributed by atoms with Crippen LogP contribution in [-0.4, -0.2) is 49.2 Å². The van der Waals surface area contributed by atoms with Crippen molar-refractivity contribution in [1.82, 2.24) is 14.6 Å². The summed E-state index contributed by atoms with van der Waals surface area (Å²) >= 11 is 0. The Morgan fingerprint density at radius 3 is 2.52 bits per heavy atom.